The van der Waals surface area contributed by atoms with Crippen LogP contribution in [0.1, 0.15) is 5.56 Å². The molecule has 1 heterocycles. The van der Waals surface area contributed by atoms with E-state index in [4.69, 9.17) is 0 Å². The monoisotopic (exact) mass is 236 g/mol. The standard InChI is InChI=1S/C10H9BrN2/c11-10-7-13(8-12-10)6-9-4-2-1-3-5-9/h1-5,7-8H,6H2. The molecule has 0 unspecified atom stereocenters. The van der Waals surface area contributed by atoms with Crippen molar-refractivity contribution in [2.24, 2.45) is 0 Å². The van der Waals surface area contributed by atoms with Gasteiger partial charge in [0.15, 0.2) is 0 Å². The van der Waals surface area contributed by atoms with Crippen LogP contribution in [0.5, 0.6) is 0 Å². The summed E-state index contributed by atoms with van der Waals surface area (Å²) in [4.78, 5) is 4.09. The Labute approximate surface area is 85.4 Å². The number of rotatable bonds is 2. The van der Waals surface area contributed by atoms with Crippen LogP contribution >= 0.6 is 15.9 Å². The first-order valence-electron chi connectivity index (χ1n) is 4.06. The Balaban J connectivity index is 2.15. The van der Waals surface area contributed by atoms with Gasteiger partial charge in [-0.25, -0.2) is 4.98 Å². The second-order valence-electron chi connectivity index (χ2n) is 2.85. The molecule has 2 rings (SSSR count). The average molecular weight is 237 g/mol. The molecule has 0 aliphatic carbocycles. The highest BCUT2D eigenvalue weighted by Gasteiger charge is 1.95. The van der Waals surface area contributed by atoms with E-state index >= 15 is 0 Å². The molecular formula is C10H9BrN2. The molecule has 0 atom stereocenters. The minimum atomic E-state index is 0.874. The van der Waals surface area contributed by atoms with Crippen molar-refractivity contribution in [2.75, 3.05) is 0 Å². The van der Waals surface area contributed by atoms with Crippen LogP contribution in [0.2, 0.25) is 0 Å². The van der Waals surface area contributed by atoms with E-state index < -0.39 is 0 Å². The van der Waals surface area contributed by atoms with Gasteiger partial charge in [-0.1, -0.05) is 30.3 Å². The van der Waals surface area contributed by atoms with Crippen LogP contribution in [0.4, 0.5) is 0 Å². The summed E-state index contributed by atoms with van der Waals surface area (Å²) in [5, 5.41) is 0. The van der Waals surface area contributed by atoms with Crippen molar-refractivity contribution in [2.45, 2.75) is 6.54 Å². The van der Waals surface area contributed by atoms with Gasteiger partial charge in [-0.05, 0) is 21.5 Å². The molecular weight excluding hydrogens is 228 g/mol. The third-order valence-electron chi connectivity index (χ3n) is 1.81. The second kappa shape index (κ2) is 3.75. The predicted molar refractivity (Wildman–Crippen MR) is 55.5 cm³/mol. The minimum absolute atomic E-state index is 0.874. The molecule has 0 aliphatic rings. The lowest BCUT2D eigenvalue weighted by Gasteiger charge is -2.00. The highest BCUT2D eigenvalue weighted by Crippen LogP contribution is 2.07. The quantitative estimate of drug-likeness (QED) is 0.785. The maximum Gasteiger partial charge on any atom is 0.124 e. The zero-order valence-electron chi connectivity index (χ0n) is 7.02. The predicted octanol–water partition coefficient (Wildman–Crippen LogP) is 2.69. The third-order valence-corrected chi connectivity index (χ3v) is 2.22. The van der Waals surface area contributed by atoms with Crippen molar-refractivity contribution in [1.29, 1.82) is 0 Å². The summed E-state index contributed by atoms with van der Waals surface area (Å²) in [6.07, 6.45) is 3.78. The fourth-order valence-corrected chi connectivity index (χ4v) is 1.57. The lowest BCUT2D eigenvalue weighted by molar-refractivity contribution is 0.797. The van der Waals surface area contributed by atoms with Gasteiger partial charge in [0, 0.05) is 12.7 Å². The number of nitrogens with zero attached hydrogens (tertiary/aromatic N) is 2. The maximum absolute atomic E-state index is 4.09. The van der Waals surface area contributed by atoms with Crippen LogP contribution in [-0.4, -0.2) is 9.55 Å². The van der Waals surface area contributed by atoms with Gasteiger partial charge in [0.2, 0.25) is 0 Å². The van der Waals surface area contributed by atoms with Gasteiger partial charge in [-0.3, -0.25) is 0 Å². The summed E-state index contributed by atoms with van der Waals surface area (Å²) in [7, 11) is 0. The molecule has 2 aromatic rings. The van der Waals surface area contributed by atoms with E-state index in [2.05, 4.69) is 33.0 Å². The Morgan fingerprint density at radius 3 is 2.62 bits per heavy atom. The molecule has 1 aromatic heterocycles. The second-order valence-corrected chi connectivity index (χ2v) is 3.67. The minimum Gasteiger partial charge on any atom is -0.332 e. The van der Waals surface area contributed by atoms with Crippen LogP contribution in [0.15, 0.2) is 47.5 Å². The van der Waals surface area contributed by atoms with Crippen LogP contribution in [0.3, 0.4) is 0 Å². The number of aromatic nitrogens is 2. The summed E-state index contributed by atoms with van der Waals surface area (Å²) < 4.78 is 2.92. The molecule has 0 bridgehead atoms. The summed E-state index contributed by atoms with van der Waals surface area (Å²) in [6, 6.07) is 10.3. The lowest BCUT2D eigenvalue weighted by Crippen LogP contribution is -1.95. The Morgan fingerprint density at radius 1 is 1.23 bits per heavy atom. The van der Waals surface area contributed by atoms with E-state index in [1.54, 1.807) is 0 Å². The Morgan fingerprint density at radius 2 is 2.00 bits per heavy atom. The lowest BCUT2D eigenvalue weighted by atomic mass is 10.2. The summed E-state index contributed by atoms with van der Waals surface area (Å²) in [6.45, 7) is 0.874. The van der Waals surface area contributed by atoms with Gasteiger partial charge in [-0.2, -0.15) is 0 Å². The van der Waals surface area contributed by atoms with Crippen LogP contribution in [0, 0.1) is 0 Å². The zero-order valence-corrected chi connectivity index (χ0v) is 8.61. The molecule has 0 saturated carbocycles. The van der Waals surface area contributed by atoms with E-state index in [0.717, 1.165) is 11.1 Å². The molecule has 66 valence electrons. The van der Waals surface area contributed by atoms with Gasteiger partial charge in [0.05, 0.1) is 6.33 Å². The highest BCUT2D eigenvalue weighted by molar-refractivity contribution is 9.10. The van der Waals surface area contributed by atoms with Crippen molar-refractivity contribution in [1.82, 2.24) is 9.55 Å². The van der Waals surface area contributed by atoms with E-state index in [0.29, 0.717) is 0 Å². The first-order chi connectivity index (χ1) is 6.34. The molecule has 3 heteroatoms. The van der Waals surface area contributed by atoms with Gasteiger partial charge in [-0.15, -0.1) is 0 Å². The van der Waals surface area contributed by atoms with Gasteiger partial charge < -0.3 is 4.57 Å². The zero-order chi connectivity index (χ0) is 9.10. The van der Waals surface area contributed by atoms with Crippen LogP contribution in [-0.2, 0) is 6.54 Å². The van der Waals surface area contributed by atoms with Crippen LogP contribution < -0.4 is 0 Å². The first kappa shape index (κ1) is 8.51. The average Bonchev–Trinajstić information content (AvgIpc) is 2.53. The number of hydrogen-bond acceptors (Lipinski definition) is 1. The Hall–Kier alpha value is -1.09. The topological polar surface area (TPSA) is 17.8 Å². The number of benzene rings is 1. The SMILES string of the molecule is Brc1cn(Cc2ccccc2)cn1. The van der Waals surface area contributed by atoms with Gasteiger partial charge in [0.25, 0.3) is 0 Å². The number of imidazole rings is 1. The first-order valence-corrected chi connectivity index (χ1v) is 4.85. The van der Waals surface area contributed by atoms with Gasteiger partial charge >= 0.3 is 0 Å². The molecule has 0 spiro atoms. The summed E-state index contributed by atoms with van der Waals surface area (Å²) in [5.74, 6) is 0. The normalized spacial score (nSPS) is 10.2. The van der Waals surface area contributed by atoms with Crippen molar-refractivity contribution >= 4 is 15.9 Å². The molecule has 0 N–H and O–H groups in total. The molecule has 0 saturated heterocycles. The van der Waals surface area contributed by atoms with E-state index in [1.807, 2.05) is 35.3 Å². The third kappa shape index (κ3) is 2.18. The molecule has 0 aliphatic heterocycles. The fraction of sp³-hybridized carbons (Fsp3) is 0.100. The maximum atomic E-state index is 4.09. The summed E-state index contributed by atoms with van der Waals surface area (Å²) >= 11 is 3.31. The smallest absolute Gasteiger partial charge is 0.124 e. The fourth-order valence-electron chi connectivity index (χ4n) is 1.21. The van der Waals surface area contributed by atoms with Gasteiger partial charge in [0.1, 0.15) is 4.60 Å². The largest absolute Gasteiger partial charge is 0.332 e. The number of hydrogen-bond donors (Lipinski definition) is 0. The van der Waals surface area contributed by atoms with E-state index in [9.17, 15) is 0 Å². The highest BCUT2D eigenvalue weighted by atomic mass is 79.9. The molecule has 2 nitrogen and oxygen atoms in total. The van der Waals surface area contributed by atoms with E-state index in [-0.39, 0.29) is 0 Å². The molecule has 0 amide bonds. The Bertz CT molecular complexity index is 381. The van der Waals surface area contributed by atoms with Crippen molar-refractivity contribution in [3.63, 3.8) is 0 Å². The molecule has 1 aromatic carbocycles. The number of halogens is 1. The summed E-state index contributed by atoms with van der Waals surface area (Å²) in [5.41, 5.74) is 1.28. The molecule has 0 radical (unpaired) electrons. The van der Waals surface area contributed by atoms with Crippen LogP contribution in [0.25, 0.3) is 0 Å². The Kier molecular flexibility index (Phi) is 2.45. The van der Waals surface area contributed by atoms with Crippen molar-refractivity contribution < 1.29 is 0 Å². The van der Waals surface area contributed by atoms with Crippen molar-refractivity contribution in [3.05, 3.63) is 53.0 Å². The molecule has 0 fully saturated rings. The van der Waals surface area contributed by atoms with E-state index in [1.165, 1.54) is 5.56 Å². The van der Waals surface area contributed by atoms with Crippen molar-refractivity contribution in [3.8, 4) is 0 Å². The molecule has 13 heavy (non-hydrogen) atoms.